The summed E-state index contributed by atoms with van der Waals surface area (Å²) in [7, 11) is 0. The molecule has 0 aliphatic heterocycles. The molecule has 0 unspecified atom stereocenters. The van der Waals surface area contributed by atoms with Gasteiger partial charge in [-0.05, 0) is 62.0 Å². The number of ether oxygens (including phenoxy) is 1. The molecule has 4 rings (SSSR count). The Morgan fingerprint density at radius 1 is 1.28 bits per heavy atom. The fourth-order valence-electron chi connectivity index (χ4n) is 8.00. The van der Waals surface area contributed by atoms with Crippen LogP contribution >= 0.6 is 0 Å². The minimum absolute atomic E-state index is 0.00539. The van der Waals surface area contributed by atoms with E-state index in [0.717, 1.165) is 12.0 Å². The van der Waals surface area contributed by atoms with Crippen molar-refractivity contribution in [1.82, 2.24) is 0 Å². The van der Waals surface area contributed by atoms with Gasteiger partial charge in [0, 0.05) is 23.2 Å². The normalized spacial score (nSPS) is 44.9. The first-order valence-electron chi connectivity index (χ1n) is 12.0. The van der Waals surface area contributed by atoms with E-state index >= 15 is 0 Å². The zero-order chi connectivity index (χ0) is 23.5. The first-order valence-corrected chi connectivity index (χ1v) is 12.0. The smallest absolute Gasteiger partial charge is 0.306 e. The first kappa shape index (κ1) is 23.4. The number of hydrogen-bond acceptors (Lipinski definition) is 6. The third-order valence-electron chi connectivity index (χ3n) is 9.27. The Bertz CT molecular complexity index is 889. The fraction of sp³-hybridized carbons (Fsp3) is 0.731. The molecule has 0 aromatic heterocycles. The molecule has 32 heavy (non-hydrogen) atoms. The van der Waals surface area contributed by atoms with Crippen LogP contribution in [0.15, 0.2) is 23.8 Å². The van der Waals surface area contributed by atoms with Crippen LogP contribution in [0.5, 0.6) is 0 Å². The number of fused-ring (bicyclic) bond motifs is 5. The summed E-state index contributed by atoms with van der Waals surface area (Å²) in [5.74, 6) is -0.583. The van der Waals surface area contributed by atoms with Crippen molar-refractivity contribution in [3.8, 4) is 0 Å². The SMILES string of the molecule is CCCC(=O)O[C@]1(C(=O)CO)CC[C@H]2[C@@H]3C[C@H](C)C4=CC(=O)C=C[C@]4(C)[C@H]3[C@@H](O)C[C@@]21C. The van der Waals surface area contributed by atoms with Gasteiger partial charge >= 0.3 is 5.97 Å². The number of esters is 1. The molecular weight excluding hydrogens is 408 g/mol. The van der Waals surface area contributed by atoms with Crippen molar-refractivity contribution in [1.29, 1.82) is 0 Å². The summed E-state index contributed by atoms with van der Waals surface area (Å²) in [6, 6.07) is 0. The zero-order valence-corrected chi connectivity index (χ0v) is 19.6. The average Bonchev–Trinajstić information content (AvgIpc) is 3.01. The number of hydrogen-bond donors (Lipinski definition) is 2. The minimum Gasteiger partial charge on any atom is -0.450 e. The molecule has 0 aromatic rings. The molecule has 4 aliphatic rings. The van der Waals surface area contributed by atoms with Gasteiger partial charge in [0.05, 0.1) is 6.10 Å². The number of allylic oxidation sites excluding steroid dienone is 4. The number of carbonyl (C=O) groups is 3. The van der Waals surface area contributed by atoms with Crippen molar-refractivity contribution < 1.29 is 29.3 Å². The summed E-state index contributed by atoms with van der Waals surface area (Å²) in [4.78, 5) is 37.8. The molecule has 0 saturated heterocycles. The Labute approximate surface area is 190 Å². The van der Waals surface area contributed by atoms with E-state index in [0.29, 0.717) is 25.7 Å². The minimum atomic E-state index is -1.40. The molecule has 8 atom stereocenters. The highest BCUT2D eigenvalue weighted by molar-refractivity contribution is 6.01. The molecule has 176 valence electrons. The lowest BCUT2D eigenvalue weighted by atomic mass is 9.44. The van der Waals surface area contributed by atoms with E-state index in [4.69, 9.17) is 4.74 Å². The van der Waals surface area contributed by atoms with Gasteiger partial charge in [-0.25, -0.2) is 0 Å². The number of rotatable bonds is 5. The van der Waals surface area contributed by atoms with Gasteiger partial charge in [0.25, 0.3) is 0 Å². The Morgan fingerprint density at radius 2 is 2.00 bits per heavy atom. The van der Waals surface area contributed by atoms with Gasteiger partial charge < -0.3 is 14.9 Å². The van der Waals surface area contributed by atoms with Gasteiger partial charge in [0.2, 0.25) is 5.78 Å². The van der Waals surface area contributed by atoms with E-state index < -0.39 is 40.9 Å². The van der Waals surface area contributed by atoms with Crippen molar-refractivity contribution in [3.63, 3.8) is 0 Å². The van der Waals surface area contributed by atoms with Crippen molar-refractivity contribution in [3.05, 3.63) is 23.8 Å². The van der Waals surface area contributed by atoms with Crippen molar-refractivity contribution in [2.75, 3.05) is 6.61 Å². The molecule has 6 nitrogen and oxygen atoms in total. The van der Waals surface area contributed by atoms with Crippen LogP contribution in [0.4, 0.5) is 0 Å². The predicted octanol–water partition coefficient (Wildman–Crippen LogP) is 3.15. The number of aliphatic hydroxyl groups is 2. The monoisotopic (exact) mass is 444 g/mol. The largest absolute Gasteiger partial charge is 0.450 e. The fourth-order valence-corrected chi connectivity index (χ4v) is 8.00. The van der Waals surface area contributed by atoms with E-state index in [-0.39, 0.29) is 35.9 Å². The molecule has 0 amide bonds. The lowest BCUT2D eigenvalue weighted by Crippen LogP contribution is -2.63. The molecule has 4 aliphatic carbocycles. The summed E-state index contributed by atoms with van der Waals surface area (Å²) in [5, 5.41) is 21.4. The molecular formula is C26H36O6. The second-order valence-corrected chi connectivity index (χ2v) is 10.9. The summed E-state index contributed by atoms with van der Waals surface area (Å²) in [5.41, 5.74) is -1.48. The van der Waals surface area contributed by atoms with Gasteiger partial charge in [0.15, 0.2) is 11.4 Å². The maximum atomic E-state index is 13.1. The number of Topliss-reactive ketones (excluding diaryl/α,β-unsaturated/α-hetero) is 1. The van der Waals surface area contributed by atoms with E-state index in [9.17, 15) is 24.6 Å². The maximum absolute atomic E-state index is 13.1. The maximum Gasteiger partial charge on any atom is 0.306 e. The van der Waals surface area contributed by atoms with Gasteiger partial charge in [-0.2, -0.15) is 0 Å². The molecule has 3 fully saturated rings. The van der Waals surface area contributed by atoms with Crippen LogP contribution < -0.4 is 0 Å². The third kappa shape index (κ3) is 3.09. The lowest BCUT2D eigenvalue weighted by Gasteiger charge is -2.61. The van der Waals surface area contributed by atoms with Crippen LogP contribution in [0.25, 0.3) is 0 Å². The van der Waals surface area contributed by atoms with Crippen molar-refractivity contribution in [2.24, 2.45) is 34.5 Å². The van der Waals surface area contributed by atoms with Crippen LogP contribution in [0.2, 0.25) is 0 Å². The number of ketones is 2. The first-order chi connectivity index (χ1) is 15.0. The van der Waals surface area contributed by atoms with E-state index in [2.05, 4.69) is 13.8 Å². The molecule has 0 spiro atoms. The summed E-state index contributed by atoms with van der Waals surface area (Å²) in [6.45, 7) is 7.41. The number of aliphatic hydroxyl groups excluding tert-OH is 2. The van der Waals surface area contributed by atoms with Gasteiger partial charge in [-0.15, -0.1) is 0 Å². The molecule has 3 saturated carbocycles. The average molecular weight is 445 g/mol. The molecule has 0 heterocycles. The summed E-state index contributed by atoms with van der Waals surface area (Å²) < 4.78 is 5.94. The van der Waals surface area contributed by atoms with E-state index in [1.807, 2.05) is 19.9 Å². The second-order valence-electron chi connectivity index (χ2n) is 10.9. The highest BCUT2D eigenvalue weighted by atomic mass is 16.6. The topological polar surface area (TPSA) is 101 Å². The summed E-state index contributed by atoms with van der Waals surface area (Å²) >= 11 is 0. The van der Waals surface area contributed by atoms with Crippen LogP contribution in [0.1, 0.15) is 66.2 Å². The molecule has 0 radical (unpaired) electrons. The van der Waals surface area contributed by atoms with Crippen molar-refractivity contribution >= 4 is 17.5 Å². The Kier molecular flexibility index (Phi) is 5.78. The van der Waals surface area contributed by atoms with E-state index in [1.165, 1.54) is 0 Å². The molecule has 2 N–H and O–H groups in total. The van der Waals surface area contributed by atoms with Crippen LogP contribution in [0, 0.1) is 34.5 Å². The second kappa shape index (κ2) is 7.91. The van der Waals surface area contributed by atoms with Crippen LogP contribution in [-0.2, 0) is 19.1 Å². The summed E-state index contributed by atoms with van der Waals surface area (Å²) in [6.07, 6.45) is 7.66. The molecule has 0 bridgehead atoms. The van der Waals surface area contributed by atoms with Crippen LogP contribution in [-0.4, -0.2) is 46.1 Å². The Hall–Kier alpha value is -1.79. The number of carbonyl (C=O) groups excluding carboxylic acids is 3. The van der Waals surface area contributed by atoms with Crippen molar-refractivity contribution in [2.45, 2.75) is 77.9 Å². The Balaban J connectivity index is 1.76. The van der Waals surface area contributed by atoms with E-state index in [1.54, 1.807) is 12.2 Å². The van der Waals surface area contributed by atoms with Gasteiger partial charge in [-0.1, -0.05) is 39.3 Å². The quantitative estimate of drug-likeness (QED) is 0.632. The standard InChI is InChI=1S/C26H36O6/c1-5-6-22(31)32-26(21(30)14-27)10-8-18-17-11-15(2)19-12-16(28)7-9-24(19,3)23(17)20(29)13-25(18,26)4/h7,9,12,15,17-18,20,23,27,29H,5-6,8,10-11,13-14H2,1-4H3/t15-,17-,18-,20-,23+,24-,25-,26-/m0/s1. The zero-order valence-electron chi connectivity index (χ0n) is 19.6. The lowest BCUT2D eigenvalue weighted by molar-refractivity contribution is -0.201. The highest BCUT2D eigenvalue weighted by Crippen LogP contribution is 2.68. The van der Waals surface area contributed by atoms with Crippen LogP contribution in [0.3, 0.4) is 0 Å². The van der Waals surface area contributed by atoms with Gasteiger partial charge in [-0.3, -0.25) is 14.4 Å². The molecule has 6 heteroatoms. The predicted molar refractivity (Wildman–Crippen MR) is 118 cm³/mol. The molecule has 0 aromatic carbocycles. The highest BCUT2D eigenvalue weighted by Gasteiger charge is 2.70. The third-order valence-corrected chi connectivity index (χ3v) is 9.27. The van der Waals surface area contributed by atoms with Gasteiger partial charge in [0.1, 0.15) is 6.61 Å². The Morgan fingerprint density at radius 3 is 2.66 bits per heavy atom.